The number of carbonyl (C=O) groups excluding carboxylic acids is 1. The number of amides is 1. The van der Waals surface area contributed by atoms with Crippen molar-refractivity contribution in [3.05, 3.63) is 72.9 Å². The summed E-state index contributed by atoms with van der Waals surface area (Å²) in [6, 6.07) is 11.6. The van der Waals surface area contributed by atoms with Crippen molar-refractivity contribution in [1.82, 2.24) is 19.3 Å². The number of para-hydroxylation sites is 1. The Morgan fingerprint density at radius 1 is 1.16 bits per heavy atom. The quantitative estimate of drug-likeness (QED) is 0.744. The zero-order valence-electron chi connectivity index (χ0n) is 13.3. The Kier molecular flexibility index (Phi) is 4.48. The van der Waals surface area contributed by atoms with E-state index in [1.165, 1.54) is 19.3 Å². The van der Waals surface area contributed by atoms with Crippen LogP contribution in [0.1, 0.15) is 10.4 Å². The monoisotopic (exact) mass is 357 g/mol. The minimum Gasteiger partial charge on any atom is -0.291 e. The summed E-state index contributed by atoms with van der Waals surface area (Å²) < 4.78 is 29.4. The van der Waals surface area contributed by atoms with Gasteiger partial charge in [0.1, 0.15) is 12.1 Å². The van der Waals surface area contributed by atoms with Gasteiger partial charge in [-0.1, -0.05) is 18.2 Å². The van der Waals surface area contributed by atoms with Gasteiger partial charge < -0.3 is 0 Å². The van der Waals surface area contributed by atoms with Crippen LogP contribution in [0.25, 0.3) is 5.82 Å². The summed E-state index contributed by atoms with van der Waals surface area (Å²) in [5.41, 5.74) is 0.574. The first-order valence-corrected chi connectivity index (χ1v) is 8.72. The van der Waals surface area contributed by atoms with Crippen molar-refractivity contribution in [2.75, 3.05) is 11.4 Å². The van der Waals surface area contributed by atoms with Gasteiger partial charge in [-0.05, 0) is 24.3 Å². The fraction of sp³-hybridized carbons (Fsp3) is 0.0625. The lowest BCUT2D eigenvalue weighted by Gasteiger charge is -2.19. The fourth-order valence-corrected chi connectivity index (χ4v) is 2.98. The molecular formula is C16H15N5O3S. The van der Waals surface area contributed by atoms with E-state index in [1.807, 2.05) is 4.72 Å². The third-order valence-electron chi connectivity index (χ3n) is 3.48. The molecule has 0 bridgehead atoms. The van der Waals surface area contributed by atoms with E-state index in [9.17, 15) is 13.2 Å². The highest BCUT2D eigenvalue weighted by atomic mass is 32.2. The van der Waals surface area contributed by atoms with Crippen LogP contribution in [0.3, 0.4) is 0 Å². The summed E-state index contributed by atoms with van der Waals surface area (Å²) in [5, 5.41) is 0. The molecule has 2 aromatic heterocycles. The van der Waals surface area contributed by atoms with Gasteiger partial charge in [-0.15, -0.1) is 0 Å². The number of aromatic nitrogens is 3. The summed E-state index contributed by atoms with van der Waals surface area (Å²) >= 11 is 0. The van der Waals surface area contributed by atoms with Crippen LogP contribution >= 0.6 is 0 Å². The second kappa shape index (κ2) is 6.73. The summed E-state index contributed by atoms with van der Waals surface area (Å²) in [4.78, 5) is 20.3. The maximum absolute atomic E-state index is 12.3. The van der Waals surface area contributed by atoms with Crippen molar-refractivity contribution < 1.29 is 13.2 Å². The van der Waals surface area contributed by atoms with Gasteiger partial charge in [-0.3, -0.25) is 13.7 Å². The van der Waals surface area contributed by atoms with E-state index >= 15 is 0 Å². The SMILES string of the molecule is CN(c1ccccc1)S(=O)(=O)NC(=O)c1ccc(-n2ccnc2)nc1. The first kappa shape index (κ1) is 16.7. The predicted molar refractivity (Wildman–Crippen MR) is 92.6 cm³/mol. The Morgan fingerprint density at radius 2 is 1.92 bits per heavy atom. The van der Waals surface area contributed by atoms with Crippen molar-refractivity contribution in [3.8, 4) is 5.82 Å². The van der Waals surface area contributed by atoms with E-state index in [4.69, 9.17) is 0 Å². The van der Waals surface area contributed by atoms with Crippen molar-refractivity contribution in [2.45, 2.75) is 0 Å². The first-order chi connectivity index (χ1) is 12.0. The normalized spacial score (nSPS) is 11.1. The molecule has 0 saturated heterocycles. The van der Waals surface area contributed by atoms with E-state index in [0.29, 0.717) is 11.5 Å². The lowest BCUT2D eigenvalue weighted by Crippen LogP contribution is -2.41. The average Bonchev–Trinajstić information content (AvgIpc) is 3.16. The van der Waals surface area contributed by atoms with Crippen LogP contribution in [0.4, 0.5) is 5.69 Å². The molecule has 9 heteroatoms. The van der Waals surface area contributed by atoms with E-state index in [1.54, 1.807) is 59.7 Å². The Morgan fingerprint density at radius 3 is 2.52 bits per heavy atom. The van der Waals surface area contributed by atoms with Gasteiger partial charge in [0.15, 0.2) is 0 Å². The molecule has 8 nitrogen and oxygen atoms in total. The van der Waals surface area contributed by atoms with Crippen molar-refractivity contribution in [2.24, 2.45) is 0 Å². The molecule has 1 amide bonds. The molecule has 0 aliphatic rings. The van der Waals surface area contributed by atoms with Crippen molar-refractivity contribution in [3.63, 3.8) is 0 Å². The molecule has 3 aromatic rings. The zero-order chi connectivity index (χ0) is 17.9. The summed E-state index contributed by atoms with van der Waals surface area (Å²) in [5.74, 6) is -0.189. The molecule has 0 radical (unpaired) electrons. The average molecular weight is 357 g/mol. The zero-order valence-corrected chi connectivity index (χ0v) is 14.1. The molecule has 0 fully saturated rings. The number of carbonyl (C=O) groups is 1. The summed E-state index contributed by atoms with van der Waals surface area (Å²) in [7, 11) is -2.66. The summed E-state index contributed by atoms with van der Waals surface area (Å²) in [6.07, 6.45) is 6.19. The van der Waals surface area contributed by atoms with Gasteiger partial charge in [0.25, 0.3) is 5.91 Å². The number of pyridine rings is 1. The fourth-order valence-electron chi connectivity index (χ4n) is 2.09. The van der Waals surface area contributed by atoms with Crippen molar-refractivity contribution in [1.29, 1.82) is 0 Å². The summed E-state index contributed by atoms with van der Waals surface area (Å²) in [6.45, 7) is 0. The standard InChI is InChI=1S/C16H15N5O3S/c1-20(14-5-3-2-4-6-14)25(23,24)19-16(22)13-7-8-15(18-11-13)21-10-9-17-12-21/h2-12H,1H3,(H,19,22). The smallest absolute Gasteiger partial charge is 0.291 e. The highest BCUT2D eigenvalue weighted by Gasteiger charge is 2.22. The van der Waals surface area contributed by atoms with Gasteiger partial charge in [-0.25, -0.2) is 14.7 Å². The van der Waals surface area contributed by atoms with Gasteiger partial charge in [0.05, 0.1) is 11.3 Å². The third-order valence-corrected chi connectivity index (χ3v) is 4.86. The van der Waals surface area contributed by atoms with Gasteiger partial charge in [0.2, 0.25) is 0 Å². The van der Waals surface area contributed by atoms with E-state index < -0.39 is 16.1 Å². The minimum absolute atomic E-state index is 0.133. The second-order valence-electron chi connectivity index (χ2n) is 5.11. The van der Waals surface area contributed by atoms with E-state index in [2.05, 4.69) is 9.97 Å². The van der Waals surface area contributed by atoms with Crippen LogP contribution in [0.2, 0.25) is 0 Å². The lowest BCUT2D eigenvalue weighted by atomic mass is 10.3. The number of hydrogen-bond donors (Lipinski definition) is 1. The topological polar surface area (TPSA) is 97.2 Å². The van der Waals surface area contributed by atoms with E-state index in [0.717, 1.165) is 4.31 Å². The largest absolute Gasteiger partial charge is 0.326 e. The Hall–Kier alpha value is -3.20. The predicted octanol–water partition coefficient (Wildman–Crippen LogP) is 1.38. The maximum Gasteiger partial charge on any atom is 0.326 e. The number of hydrogen-bond acceptors (Lipinski definition) is 5. The van der Waals surface area contributed by atoms with E-state index in [-0.39, 0.29) is 5.56 Å². The number of nitrogens with one attached hydrogen (secondary N) is 1. The molecule has 0 unspecified atom stereocenters. The molecule has 25 heavy (non-hydrogen) atoms. The maximum atomic E-state index is 12.3. The first-order valence-electron chi connectivity index (χ1n) is 7.28. The molecule has 3 rings (SSSR count). The van der Waals surface area contributed by atoms with Crippen LogP contribution in [-0.4, -0.2) is 35.9 Å². The molecule has 128 valence electrons. The van der Waals surface area contributed by atoms with Crippen LogP contribution in [0.5, 0.6) is 0 Å². The number of benzene rings is 1. The third kappa shape index (κ3) is 3.66. The molecule has 0 aliphatic carbocycles. The molecule has 0 spiro atoms. The highest BCUT2D eigenvalue weighted by molar-refractivity contribution is 7.91. The van der Waals surface area contributed by atoms with Crippen LogP contribution in [0, 0.1) is 0 Å². The van der Waals surface area contributed by atoms with Gasteiger partial charge >= 0.3 is 10.2 Å². The Balaban J connectivity index is 1.75. The number of imidazole rings is 1. The van der Waals surface area contributed by atoms with Gasteiger partial charge in [0, 0.05) is 25.6 Å². The molecule has 2 heterocycles. The molecule has 0 saturated carbocycles. The Bertz CT molecular complexity index is 955. The minimum atomic E-state index is -4.02. The van der Waals surface area contributed by atoms with Crippen LogP contribution in [0.15, 0.2) is 67.4 Å². The number of rotatable bonds is 5. The molecule has 0 aliphatic heterocycles. The Labute approximate surface area is 145 Å². The number of anilines is 1. The molecule has 0 atom stereocenters. The molecular weight excluding hydrogens is 342 g/mol. The highest BCUT2D eigenvalue weighted by Crippen LogP contribution is 2.14. The number of nitrogens with zero attached hydrogens (tertiary/aromatic N) is 4. The second-order valence-corrected chi connectivity index (χ2v) is 6.82. The van der Waals surface area contributed by atoms with Crippen LogP contribution < -0.4 is 9.03 Å². The van der Waals surface area contributed by atoms with Gasteiger partial charge in [-0.2, -0.15) is 8.42 Å². The lowest BCUT2D eigenvalue weighted by molar-refractivity contribution is 0.0981. The molecule has 1 aromatic carbocycles. The van der Waals surface area contributed by atoms with Crippen LogP contribution in [-0.2, 0) is 10.2 Å². The van der Waals surface area contributed by atoms with Crippen molar-refractivity contribution >= 4 is 21.8 Å². The molecule has 1 N–H and O–H groups in total.